The quantitative estimate of drug-likeness (QED) is 0.420. The smallest absolute Gasteiger partial charge is 0.333 e. The fourth-order valence-corrected chi connectivity index (χ4v) is 3.56. The molecular formula is C20H26O5. The zero-order valence-corrected chi connectivity index (χ0v) is 15.5. The largest absolute Gasteiger partial charge is 0.466 e. The number of hydrogen-bond acceptors (Lipinski definition) is 5. The maximum absolute atomic E-state index is 12.6. The summed E-state index contributed by atoms with van der Waals surface area (Å²) in [6.07, 6.45) is 3.68. The number of carbonyl (C=O) groups is 3. The molecule has 0 amide bonds. The average Bonchev–Trinajstić information content (AvgIpc) is 2.99. The Morgan fingerprint density at radius 3 is 2.56 bits per heavy atom. The van der Waals surface area contributed by atoms with Crippen LogP contribution in [0.4, 0.5) is 0 Å². The predicted molar refractivity (Wildman–Crippen MR) is 93.6 cm³/mol. The lowest BCUT2D eigenvalue weighted by Gasteiger charge is -2.13. The fourth-order valence-electron chi connectivity index (χ4n) is 3.56. The van der Waals surface area contributed by atoms with Crippen LogP contribution in [-0.2, 0) is 23.9 Å². The van der Waals surface area contributed by atoms with Crippen LogP contribution < -0.4 is 0 Å². The molecule has 5 heteroatoms. The summed E-state index contributed by atoms with van der Waals surface area (Å²) >= 11 is 0. The Morgan fingerprint density at radius 1 is 1.36 bits per heavy atom. The first-order chi connectivity index (χ1) is 11.6. The van der Waals surface area contributed by atoms with Crippen molar-refractivity contribution in [1.29, 1.82) is 0 Å². The minimum atomic E-state index is -0.488. The molecule has 0 aliphatic heterocycles. The molecule has 0 bridgehead atoms. The third-order valence-electron chi connectivity index (χ3n) is 5.37. The van der Waals surface area contributed by atoms with Crippen molar-refractivity contribution in [3.05, 3.63) is 35.5 Å². The second kappa shape index (κ2) is 6.98. The van der Waals surface area contributed by atoms with Crippen molar-refractivity contribution in [2.45, 2.75) is 46.6 Å². The van der Waals surface area contributed by atoms with Crippen molar-refractivity contribution in [2.24, 2.45) is 17.3 Å². The normalized spacial score (nSPS) is 28.0. The molecule has 0 N–H and O–H groups in total. The van der Waals surface area contributed by atoms with E-state index in [0.29, 0.717) is 17.6 Å². The number of hydrogen-bond donors (Lipinski definition) is 0. The molecule has 1 fully saturated rings. The lowest BCUT2D eigenvalue weighted by molar-refractivity contribution is -0.150. The van der Waals surface area contributed by atoms with Gasteiger partial charge in [-0.25, -0.2) is 4.79 Å². The van der Waals surface area contributed by atoms with Gasteiger partial charge in [-0.3, -0.25) is 9.59 Å². The highest BCUT2D eigenvalue weighted by molar-refractivity contribution is 6.00. The minimum Gasteiger partial charge on any atom is -0.466 e. The second-order valence-corrected chi connectivity index (χ2v) is 7.37. The molecule has 0 spiro atoms. The zero-order valence-electron chi connectivity index (χ0n) is 15.5. The van der Waals surface area contributed by atoms with E-state index < -0.39 is 12.1 Å². The Hall–Kier alpha value is -2.17. The number of Topliss-reactive ketones (excluding diaryl/α,β-unsaturated/α-hetero) is 1. The summed E-state index contributed by atoms with van der Waals surface area (Å²) in [6, 6.07) is 0. The topological polar surface area (TPSA) is 69.7 Å². The van der Waals surface area contributed by atoms with E-state index in [-0.39, 0.29) is 35.4 Å². The summed E-state index contributed by atoms with van der Waals surface area (Å²) in [4.78, 5) is 36.2. The Kier molecular flexibility index (Phi) is 5.35. The molecule has 2 rings (SSSR count). The number of rotatable bonds is 6. The summed E-state index contributed by atoms with van der Waals surface area (Å²) in [7, 11) is 1.33. The van der Waals surface area contributed by atoms with Gasteiger partial charge in [-0.05, 0) is 37.2 Å². The van der Waals surface area contributed by atoms with Gasteiger partial charge in [-0.15, -0.1) is 6.58 Å². The molecule has 2 aliphatic rings. The van der Waals surface area contributed by atoms with E-state index in [2.05, 4.69) is 6.58 Å². The van der Waals surface area contributed by atoms with Gasteiger partial charge >= 0.3 is 11.9 Å². The van der Waals surface area contributed by atoms with E-state index in [1.165, 1.54) is 7.11 Å². The maximum Gasteiger partial charge on any atom is 0.333 e. The third kappa shape index (κ3) is 3.60. The molecule has 0 heterocycles. The monoisotopic (exact) mass is 346 g/mol. The molecule has 1 saturated carbocycles. The van der Waals surface area contributed by atoms with Crippen molar-refractivity contribution < 1.29 is 23.9 Å². The standard InChI is InChI=1S/C20H26O5/c1-7-8-13-12(3)16(10-15(13)21)25-19(23)17-14(20(17,4)5)9-11(2)18(22)24-6/h7,9,14,16-17H,1,8,10H2,2-6H3/b11-9+/t14-,16?,17+/m1/s1. The summed E-state index contributed by atoms with van der Waals surface area (Å²) in [6.45, 7) is 11.1. The molecule has 1 unspecified atom stereocenters. The minimum absolute atomic E-state index is 0.0169. The Bertz CT molecular complexity index is 680. The SMILES string of the molecule is C=CCC1=C(C)C(OC(=O)[C@@H]2[C@@H](/C=C(\C)C(=O)OC)C2(C)C)CC1=O. The lowest BCUT2D eigenvalue weighted by atomic mass is 10.1. The van der Waals surface area contributed by atoms with Gasteiger partial charge in [0.1, 0.15) is 6.10 Å². The summed E-state index contributed by atoms with van der Waals surface area (Å²) < 4.78 is 10.3. The van der Waals surface area contributed by atoms with Crippen molar-refractivity contribution >= 4 is 17.7 Å². The van der Waals surface area contributed by atoms with E-state index in [1.807, 2.05) is 20.8 Å². The highest BCUT2D eigenvalue weighted by Gasteiger charge is 2.62. The molecule has 3 atom stereocenters. The van der Waals surface area contributed by atoms with Gasteiger partial charge < -0.3 is 9.47 Å². The fraction of sp³-hybridized carbons (Fsp3) is 0.550. The van der Waals surface area contributed by atoms with Crippen LogP contribution in [0.1, 0.15) is 40.5 Å². The van der Waals surface area contributed by atoms with Crippen molar-refractivity contribution in [3.8, 4) is 0 Å². The van der Waals surface area contributed by atoms with Gasteiger partial charge in [0.05, 0.1) is 19.4 Å². The first-order valence-corrected chi connectivity index (χ1v) is 8.46. The summed E-state index contributed by atoms with van der Waals surface area (Å²) in [5, 5.41) is 0. The van der Waals surface area contributed by atoms with Crippen LogP contribution in [0.15, 0.2) is 35.5 Å². The molecule has 136 valence electrons. The van der Waals surface area contributed by atoms with Gasteiger partial charge in [-0.2, -0.15) is 0 Å². The Labute approximate surface area is 148 Å². The highest BCUT2D eigenvalue weighted by Crippen LogP contribution is 2.60. The zero-order chi connectivity index (χ0) is 18.9. The van der Waals surface area contributed by atoms with Crippen LogP contribution in [0.3, 0.4) is 0 Å². The van der Waals surface area contributed by atoms with Crippen molar-refractivity contribution in [1.82, 2.24) is 0 Å². The average molecular weight is 346 g/mol. The van der Waals surface area contributed by atoms with E-state index in [1.54, 1.807) is 19.1 Å². The molecule has 2 aliphatic carbocycles. The summed E-state index contributed by atoms with van der Waals surface area (Å²) in [5.74, 6) is -1.10. The highest BCUT2D eigenvalue weighted by atomic mass is 16.5. The third-order valence-corrected chi connectivity index (χ3v) is 5.37. The Balaban J connectivity index is 2.08. The molecule has 5 nitrogen and oxygen atoms in total. The molecule has 0 radical (unpaired) electrons. The second-order valence-electron chi connectivity index (χ2n) is 7.37. The number of esters is 2. The molecule has 0 aromatic carbocycles. The Morgan fingerprint density at radius 2 is 2.00 bits per heavy atom. The number of ether oxygens (including phenoxy) is 2. The predicted octanol–water partition coefficient (Wildman–Crippen LogP) is 3.16. The first-order valence-electron chi connectivity index (χ1n) is 8.46. The van der Waals surface area contributed by atoms with Crippen LogP contribution in [0.25, 0.3) is 0 Å². The summed E-state index contributed by atoms with van der Waals surface area (Å²) in [5.41, 5.74) is 1.71. The number of methoxy groups -OCH3 is 1. The van der Waals surface area contributed by atoms with E-state index >= 15 is 0 Å². The van der Waals surface area contributed by atoms with Gasteiger partial charge in [0.2, 0.25) is 0 Å². The number of allylic oxidation sites excluding steroid dienone is 3. The van der Waals surface area contributed by atoms with Gasteiger partial charge in [0, 0.05) is 11.1 Å². The van der Waals surface area contributed by atoms with E-state index in [0.717, 1.165) is 5.57 Å². The molecule has 0 aromatic heterocycles. The molecule has 0 aromatic rings. The number of ketones is 1. The van der Waals surface area contributed by atoms with Gasteiger partial charge in [0.15, 0.2) is 5.78 Å². The van der Waals surface area contributed by atoms with Crippen LogP contribution in [0, 0.1) is 17.3 Å². The lowest BCUT2D eigenvalue weighted by Crippen LogP contribution is -2.20. The maximum atomic E-state index is 12.6. The molecular weight excluding hydrogens is 320 g/mol. The first kappa shape index (κ1) is 19.2. The van der Waals surface area contributed by atoms with Crippen molar-refractivity contribution in [2.75, 3.05) is 7.11 Å². The van der Waals surface area contributed by atoms with Crippen LogP contribution in [-0.4, -0.2) is 30.9 Å². The molecule has 25 heavy (non-hydrogen) atoms. The van der Waals surface area contributed by atoms with E-state index in [9.17, 15) is 14.4 Å². The van der Waals surface area contributed by atoms with Gasteiger partial charge in [-0.1, -0.05) is 26.0 Å². The number of carbonyl (C=O) groups excluding carboxylic acids is 3. The van der Waals surface area contributed by atoms with E-state index in [4.69, 9.17) is 9.47 Å². The van der Waals surface area contributed by atoms with Crippen LogP contribution >= 0.6 is 0 Å². The van der Waals surface area contributed by atoms with Gasteiger partial charge in [0.25, 0.3) is 0 Å². The molecule has 0 saturated heterocycles. The van der Waals surface area contributed by atoms with Crippen LogP contribution in [0.2, 0.25) is 0 Å². The van der Waals surface area contributed by atoms with Crippen LogP contribution in [0.5, 0.6) is 0 Å². The van der Waals surface area contributed by atoms with Crippen molar-refractivity contribution in [3.63, 3.8) is 0 Å².